The number of benzene rings is 1. The Morgan fingerprint density at radius 2 is 2.25 bits per heavy atom. The molecule has 0 aliphatic carbocycles. The van der Waals surface area contributed by atoms with Gasteiger partial charge in [0.05, 0.1) is 15.9 Å². The van der Waals surface area contributed by atoms with Crippen LogP contribution >= 0.6 is 23.4 Å². The Morgan fingerprint density at radius 3 is 2.81 bits per heavy atom. The highest BCUT2D eigenvalue weighted by Gasteiger charge is 2.12. The van der Waals surface area contributed by atoms with Gasteiger partial charge in [-0.15, -0.1) is 23.4 Å². The Balaban J connectivity index is 2.78. The van der Waals surface area contributed by atoms with Crippen molar-refractivity contribution in [2.24, 2.45) is 0 Å². The van der Waals surface area contributed by atoms with Crippen LogP contribution in [-0.4, -0.2) is 32.9 Å². The van der Waals surface area contributed by atoms with E-state index in [1.807, 2.05) is 0 Å². The van der Waals surface area contributed by atoms with Gasteiger partial charge in [-0.3, -0.25) is 10.1 Å². The van der Waals surface area contributed by atoms with E-state index in [0.717, 1.165) is 11.8 Å². The second kappa shape index (κ2) is 5.93. The molecule has 0 spiro atoms. The van der Waals surface area contributed by atoms with E-state index in [2.05, 4.69) is 0 Å². The smallest absolute Gasteiger partial charge is 0.270 e. The fourth-order valence-electron chi connectivity index (χ4n) is 0.963. The summed E-state index contributed by atoms with van der Waals surface area (Å²) in [5, 5.41) is 29.2. The van der Waals surface area contributed by atoms with E-state index in [1.54, 1.807) is 0 Å². The largest absolute Gasteiger partial charge is 0.507 e. The van der Waals surface area contributed by atoms with Crippen molar-refractivity contribution < 1.29 is 15.1 Å². The lowest BCUT2D eigenvalue weighted by Crippen LogP contribution is -2.10. The van der Waals surface area contributed by atoms with Crippen molar-refractivity contribution in [2.75, 3.05) is 11.6 Å². The Hall–Kier alpha value is -0.980. The number of non-ortho nitro benzene ring substituents is 1. The van der Waals surface area contributed by atoms with Gasteiger partial charge in [0.15, 0.2) is 0 Å². The summed E-state index contributed by atoms with van der Waals surface area (Å²) in [5.74, 6) is 0.318. The number of aliphatic hydroxyl groups excluding tert-OH is 1. The fourth-order valence-corrected chi connectivity index (χ4v) is 2.11. The Labute approximate surface area is 101 Å². The number of rotatable bonds is 5. The lowest BCUT2D eigenvalue weighted by molar-refractivity contribution is -0.385. The molecule has 5 nitrogen and oxygen atoms in total. The van der Waals surface area contributed by atoms with Crippen LogP contribution in [-0.2, 0) is 0 Å². The molecule has 0 aliphatic rings. The van der Waals surface area contributed by atoms with Crippen molar-refractivity contribution in [1.82, 2.24) is 0 Å². The molecular weight excluding hydrogens is 254 g/mol. The first-order valence-corrected chi connectivity index (χ1v) is 5.91. The molecule has 0 radical (unpaired) electrons. The van der Waals surface area contributed by atoms with Crippen molar-refractivity contribution in [1.29, 1.82) is 0 Å². The summed E-state index contributed by atoms with van der Waals surface area (Å²) in [6, 6.07) is 3.74. The van der Waals surface area contributed by atoms with Gasteiger partial charge in [-0.25, -0.2) is 0 Å². The summed E-state index contributed by atoms with van der Waals surface area (Å²) in [7, 11) is 0. The average molecular weight is 264 g/mol. The standard InChI is InChI=1S/C9H10ClNO4S/c10-4-7(12)5-16-9-3-6(11(14)15)1-2-8(9)13/h1-3,7,12-13H,4-5H2. The van der Waals surface area contributed by atoms with Crippen LogP contribution in [0.1, 0.15) is 0 Å². The maximum absolute atomic E-state index is 10.5. The second-order valence-electron chi connectivity index (χ2n) is 3.03. The molecular formula is C9H10ClNO4S. The minimum atomic E-state index is -0.703. The molecule has 1 rings (SSSR count). The lowest BCUT2D eigenvalue weighted by atomic mass is 10.3. The normalized spacial score (nSPS) is 12.4. The number of nitrogens with zero attached hydrogens (tertiary/aromatic N) is 1. The molecule has 0 fully saturated rings. The molecule has 1 atom stereocenters. The molecule has 1 unspecified atom stereocenters. The molecule has 7 heteroatoms. The summed E-state index contributed by atoms with van der Waals surface area (Å²) in [4.78, 5) is 10.3. The summed E-state index contributed by atoms with van der Waals surface area (Å²) in [6.07, 6.45) is -0.703. The highest BCUT2D eigenvalue weighted by atomic mass is 35.5. The first-order valence-electron chi connectivity index (χ1n) is 4.39. The van der Waals surface area contributed by atoms with Gasteiger partial charge in [-0.2, -0.15) is 0 Å². The number of hydrogen-bond donors (Lipinski definition) is 2. The van der Waals surface area contributed by atoms with E-state index in [9.17, 15) is 20.3 Å². The molecule has 0 amide bonds. The van der Waals surface area contributed by atoms with E-state index in [-0.39, 0.29) is 23.1 Å². The number of phenols is 1. The maximum Gasteiger partial charge on any atom is 0.270 e. The summed E-state index contributed by atoms with van der Waals surface area (Å²) < 4.78 is 0. The maximum atomic E-state index is 10.5. The molecule has 0 saturated heterocycles. The zero-order valence-electron chi connectivity index (χ0n) is 8.17. The van der Waals surface area contributed by atoms with Crippen LogP contribution in [0.2, 0.25) is 0 Å². The second-order valence-corrected chi connectivity index (χ2v) is 4.40. The van der Waals surface area contributed by atoms with E-state index < -0.39 is 11.0 Å². The van der Waals surface area contributed by atoms with E-state index in [0.29, 0.717) is 4.90 Å². The van der Waals surface area contributed by atoms with Crippen LogP contribution in [0.15, 0.2) is 23.1 Å². The summed E-state index contributed by atoms with van der Waals surface area (Å²) in [6.45, 7) is 0. The van der Waals surface area contributed by atoms with Crippen molar-refractivity contribution >= 4 is 29.1 Å². The average Bonchev–Trinajstić information content (AvgIpc) is 2.27. The van der Waals surface area contributed by atoms with Gasteiger partial charge in [-0.05, 0) is 6.07 Å². The van der Waals surface area contributed by atoms with Crippen molar-refractivity contribution in [3.63, 3.8) is 0 Å². The van der Waals surface area contributed by atoms with Crippen molar-refractivity contribution in [3.8, 4) is 5.75 Å². The number of aromatic hydroxyl groups is 1. The van der Waals surface area contributed by atoms with Crippen molar-refractivity contribution in [3.05, 3.63) is 28.3 Å². The molecule has 1 aromatic rings. The number of halogens is 1. The van der Waals surface area contributed by atoms with Gasteiger partial charge in [-0.1, -0.05) is 0 Å². The molecule has 0 aromatic heterocycles. The molecule has 88 valence electrons. The van der Waals surface area contributed by atoms with Crippen LogP contribution in [0.4, 0.5) is 5.69 Å². The SMILES string of the molecule is O=[N+]([O-])c1ccc(O)c(SCC(O)CCl)c1. The van der Waals surface area contributed by atoms with Gasteiger partial charge in [0, 0.05) is 23.8 Å². The Morgan fingerprint density at radius 1 is 1.56 bits per heavy atom. The number of phenolic OH excluding ortho intramolecular Hbond substituents is 1. The quantitative estimate of drug-likeness (QED) is 0.367. The zero-order valence-corrected chi connectivity index (χ0v) is 9.74. The fraction of sp³-hybridized carbons (Fsp3) is 0.333. The topological polar surface area (TPSA) is 83.6 Å². The van der Waals surface area contributed by atoms with Crippen LogP contribution in [0.25, 0.3) is 0 Å². The molecule has 1 aromatic carbocycles. The minimum Gasteiger partial charge on any atom is -0.507 e. The number of hydrogen-bond acceptors (Lipinski definition) is 5. The van der Waals surface area contributed by atoms with Crippen LogP contribution in [0.3, 0.4) is 0 Å². The monoisotopic (exact) mass is 263 g/mol. The van der Waals surface area contributed by atoms with Crippen LogP contribution in [0.5, 0.6) is 5.75 Å². The highest BCUT2D eigenvalue weighted by molar-refractivity contribution is 7.99. The third kappa shape index (κ3) is 3.55. The van der Waals surface area contributed by atoms with Gasteiger partial charge in [0.25, 0.3) is 5.69 Å². The van der Waals surface area contributed by atoms with E-state index >= 15 is 0 Å². The predicted octanol–water partition coefficient (Wildman–Crippen LogP) is 1.99. The van der Waals surface area contributed by atoms with E-state index in [4.69, 9.17) is 11.6 Å². The zero-order chi connectivity index (χ0) is 12.1. The van der Waals surface area contributed by atoms with Crippen LogP contribution in [0, 0.1) is 10.1 Å². The number of nitro benzene ring substituents is 1. The molecule has 0 aliphatic heterocycles. The third-order valence-corrected chi connectivity index (χ3v) is 3.31. The first kappa shape index (κ1) is 13.1. The predicted molar refractivity (Wildman–Crippen MR) is 62.2 cm³/mol. The van der Waals surface area contributed by atoms with Crippen molar-refractivity contribution in [2.45, 2.75) is 11.0 Å². The number of aliphatic hydroxyl groups is 1. The molecule has 0 bridgehead atoms. The Bertz CT molecular complexity index is 388. The molecule has 0 heterocycles. The van der Waals surface area contributed by atoms with E-state index in [1.165, 1.54) is 18.2 Å². The number of nitro groups is 1. The Kier molecular flexibility index (Phi) is 4.85. The highest BCUT2D eigenvalue weighted by Crippen LogP contribution is 2.32. The summed E-state index contributed by atoms with van der Waals surface area (Å²) >= 11 is 6.53. The summed E-state index contributed by atoms with van der Waals surface area (Å²) in [5.41, 5.74) is -0.0966. The van der Waals surface area contributed by atoms with Gasteiger partial charge in [0.2, 0.25) is 0 Å². The lowest BCUT2D eigenvalue weighted by Gasteiger charge is -2.07. The molecule has 0 saturated carbocycles. The third-order valence-electron chi connectivity index (χ3n) is 1.76. The van der Waals surface area contributed by atoms with Gasteiger partial charge >= 0.3 is 0 Å². The van der Waals surface area contributed by atoms with Gasteiger partial charge in [0.1, 0.15) is 5.75 Å². The first-order chi connectivity index (χ1) is 7.54. The van der Waals surface area contributed by atoms with Gasteiger partial charge < -0.3 is 10.2 Å². The number of alkyl halides is 1. The minimum absolute atomic E-state index is 0.0441. The number of thioether (sulfide) groups is 1. The molecule has 16 heavy (non-hydrogen) atoms. The molecule has 2 N–H and O–H groups in total. The van der Waals surface area contributed by atoms with Crippen LogP contribution < -0.4 is 0 Å².